The summed E-state index contributed by atoms with van der Waals surface area (Å²) in [6.07, 6.45) is 0.722. The minimum atomic E-state index is -0.271. The molecule has 1 aliphatic heterocycles. The fraction of sp³-hybridized carbons (Fsp3) is 0.440. The van der Waals surface area contributed by atoms with E-state index in [2.05, 4.69) is 26.5 Å². The van der Waals surface area contributed by atoms with Gasteiger partial charge in [0.2, 0.25) is 5.91 Å². The molecule has 1 fully saturated rings. The summed E-state index contributed by atoms with van der Waals surface area (Å²) in [5.74, 6) is 0.399. The number of nitrogens with one attached hydrogen (secondary N) is 2. The predicted octanol–water partition coefficient (Wildman–Crippen LogP) is 2.37. The fourth-order valence-corrected chi connectivity index (χ4v) is 3.99. The van der Waals surface area contributed by atoms with E-state index in [1.54, 1.807) is 20.3 Å². The maximum atomic E-state index is 13.1. The third-order valence-corrected chi connectivity index (χ3v) is 5.66. The monoisotopic (exact) mass is 470 g/mol. The molecular formula is C25H34N4O5. The normalized spacial score (nSPS) is 13.5. The molecule has 2 aromatic carbocycles. The zero-order chi connectivity index (χ0) is 24.3. The SMILES string of the molecule is COCCCNC(=O)c1cc(NC(=O)COC)ccc1N1CCN(c2ccccc2OC)CC1. The number of hydrogen-bond acceptors (Lipinski definition) is 7. The number of methoxy groups -OCH3 is 3. The van der Waals surface area contributed by atoms with Crippen LogP contribution in [0.25, 0.3) is 0 Å². The number of carbonyl (C=O) groups excluding carboxylic acids is 2. The number of benzene rings is 2. The lowest BCUT2D eigenvalue weighted by atomic mass is 10.1. The summed E-state index contributed by atoms with van der Waals surface area (Å²) in [4.78, 5) is 29.5. The van der Waals surface area contributed by atoms with Crippen molar-refractivity contribution in [3.63, 3.8) is 0 Å². The van der Waals surface area contributed by atoms with Crippen LogP contribution in [-0.2, 0) is 14.3 Å². The van der Waals surface area contributed by atoms with Crippen LogP contribution in [0, 0.1) is 0 Å². The molecule has 184 valence electrons. The molecule has 0 radical (unpaired) electrons. The first-order valence-corrected chi connectivity index (χ1v) is 11.4. The van der Waals surface area contributed by atoms with E-state index >= 15 is 0 Å². The largest absolute Gasteiger partial charge is 0.495 e. The second-order valence-corrected chi connectivity index (χ2v) is 7.96. The van der Waals surface area contributed by atoms with Gasteiger partial charge in [-0.1, -0.05) is 12.1 Å². The molecule has 0 aromatic heterocycles. The minimum Gasteiger partial charge on any atom is -0.495 e. The lowest BCUT2D eigenvalue weighted by molar-refractivity contribution is -0.119. The molecule has 1 heterocycles. The Morgan fingerprint density at radius 1 is 0.912 bits per heavy atom. The molecule has 0 atom stereocenters. The molecule has 0 spiro atoms. The first-order chi connectivity index (χ1) is 16.6. The average Bonchev–Trinajstić information content (AvgIpc) is 2.86. The van der Waals surface area contributed by atoms with Crippen molar-refractivity contribution in [1.82, 2.24) is 5.32 Å². The van der Waals surface area contributed by atoms with Crippen molar-refractivity contribution in [3.05, 3.63) is 48.0 Å². The molecule has 3 rings (SSSR count). The number of anilines is 3. The quantitative estimate of drug-likeness (QED) is 0.487. The second kappa shape index (κ2) is 12.8. The highest BCUT2D eigenvalue weighted by Crippen LogP contribution is 2.31. The Bertz CT molecular complexity index is 960. The molecule has 34 heavy (non-hydrogen) atoms. The van der Waals surface area contributed by atoms with Crippen molar-refractivity contribution in [1.29, 1.82) is 0 Å². The Hall–Kier alpha value is -3.30. The summed E-state index contributed by atoms with van der Waals surface area (Å²) in [5.41, 5.74) is 2.99. The van der Waals surface area contributed by atoms with E-state index in [1.807, 2.05) is 30.3 Å². The van der Waals surface area contributed by atoms with Crippen LogP contribution in [0.5, 0.6) is 5.75 Å². The van der Waals surface area contributed by atoms with Gasteiger partial charge in [0.05, 0.1) is 18.4 Å². The van der Waals surface area contributed by atoms with Crippen molar-refractivity contribution in [2.24, 2.45) is 0 Å². The highest BCUT2D eigenvalue weighted by Gasteiger charge is 2.23. The summed E-state index contributed by atoms with van der Waals surface area (Å²) in [6, 6.07) is 13.4. The average molecular weight is 471 g/mol. The molecular weight excluding hydrogens is 436 g/mol. The van der Waals surface area contributed by atoms with Crippen LogP contribution >= 0.6 is 0 Å². The van der Waals surface area contributed by atoms with Crippen molar-refractivity contribution in [2.45, 2.75) is 6.42 Å². The van der Waals surface area contributed by atoms with Gasteiger partial charge in [-0.25, -0.2) is 0 Å². The van der Waals surface area contributed by atoms with Gasteiger partial charge >= 0.3 is 0 Å². The number of ether oxygens (including phenoxy) is 3. The lowest BCUT2D eigenvalue weighted by Crippen LogP contribution is -2.47. The Labute approximate surface area is 201 Å². The maximum absolute atomic E-state index is 13.1. The third kappa shape index (κ3) is 6.61. The zero-order valence-corrected chi connectivity index (χ0v) is 20.1. The molecule has 0 unspecified atom stereocenters. The van der Waals surface area contributed by atoms with Gasteiger partial charge in [0, 0.05) is 64.9 Å². The van der Waals surface area contributed by atoms with Gasteiger partial charge in [-0.05, 0) is 36.8 Å². The van der Waals surface area contributed by atoms with Gasteiger partial charge in [0.15, 0.2) is 0 Å². The molecule has 1 saturated heterocycles. The number of amides is 2. The first-order valence-electron chi connectivity index (χ1n) is 11.4. The number of carbonyl (C=O) groups is 2. The van der Waals surface area contributed by atoms with Gasteiger partial charge in [0.25, 0.3) is 5.91 Å². The topological polar surface area (TPSA) is 92.4 Å². The van der Waals surface area contributed by atoms with Crippen molar-refractivity contribution in [2.75, 3.05) is 82.4 Å². The van der Waals surface area contributed by atoms with E-state index in [1.165, 1.54) is 7.11 Å². The molecule has 9 nitrogen and oxygen atoms in total. The maximum Gasteiger partial charge on any atom is 0.253 e. The summed E-state index contributed by atoms with van der Waals surface area (Å²) >= 11 is 0. The van der Waals surface area contributed by atoms with Crippen LogP contribution in [0.2, 0.25) is 0 Å². The summed E-state index contributed by atoms with van der Waals surface area (Å²) < 4.78 is 15.5. The summed E-state index contributed by atoms with van der Waals surface area (Å²) in [5, 5.41) is 5.74. The molecule has 2 amide bonds. The molecule has 0 bridgehead atoms. The number of para-hydroxylation sites is 2. The Morgan fingerprint density at radius 3 is 2.29 bits per heavy atom. The molecule has 0 aliphatic carbocycles. The van der Waals surface area contributed by atoms with Gasteiger partial charge in [-0.2, -0.15) is 0 Å². The number of rotatable bonds is 11. The molecule has 0 saturated carbocycles. The number of piperazine rings is 1. The molecule has 1 aliphatic rings. The highest BCUT2D eigenvalue weighted by molar-refractivity contribution is 6.02. The van der Waals surface area contributed by atoms with Gasteiger partial charge in [-0.3, -0.25) is 9.59 Å². The van der Waals surface area contributed by atoms with Crippen LogP contribution in [0.3, 0.4) is 0 Å². The Kier molecular flexibility index (Phi) is 9.54. The van der Waals surface area contributed by atoms with Crippen LogP contribution < -0.4 is 25.2 Å². The summed E-state index contributed by atoms with van der Waals surface area (Å²) in [7, 11) is 4.78. The van der Waals surface area contributed by atoms with Gasteiger partial charge in [-0.15, -0.1) is 0 Å². The van der Waals surface area contributed by atoms with Crippen LogP contribution in [0.15, 0.2) is 42.5 Å². The number of hydrogen-bond donors (Lipinski definition) is 2. The van der Waals surface area contributed by atoms with E-state index in [0.717, 1.165) is 49.7 Å². The lowest BCUT2D eigenvalue weighted by Gasteiger charge is -2.38. The van der Waals surface area contributed by atoms with Gasteiger partial charge in [0.1, 0.15) is 12.4 Å². The molecule has 9 heteroatoms. The molecule has 2 N–H and O–H groups in total. The second-order valence-electron chi connectivity index (χ2n) is 7.96. The predicted molar refractivity (Wildman–Crippen MR) is 133 cm³/mol. The summed E-state index contributed by atoms with van der Waals surface area (Å²) in [6.45, 7) is 4.11. The Morgan fingerprint density at radius 2 is 1.62 bits per heavy atom. The van der Waals surface area contributed by atoms with E-state index < -0.39 is 0 Å². The van der Waals surface area contributed by atoms with Crippen LogP contribution in [0.4, 0.5) is 17.1 Å². The standard InChI is InChI=1S/C25H34N4O5/c1-32-16-6-11-26-25(31)20-17-19(27-24(30)18-33-2)9-10-21(20)28-12-14-29(15-13-28)22-7-4-5-8-23(22)34-3/h4-5,7-10,17H,6,11-16,18H2,1-3H3,(H,26,31)(H,27,30). The third-order valence-electron chi connectivity index (χ3n) is 5.66. The molecule has 2 aromatic rings. The Balaban J connectivity index is 1.76. The van der Waals surface area contributed by atoms with Crippen LogP contribution in [0.1, 0.15) is 16.8 Å². The van der Waals surface area contributed by atoms with Crippen LogP contribution in [-0.4, -0.2) is 79.1 Å². The van der Waals surface area contributed by atoms with Crippen molar-refractivity contribution < 1.29 is 23.8 Å². The van der Waals surface area contributed by atoms with E-state index in [4.69, 9.17) is 14.2 Å². The first kappa shape index (κ1) is 25.3. The van der Waals surface area contributed by atoms with Gasteiger partial charge < -0.3 is 34.6 Å². The fourth-order valence-electron chi connectivity index (χ4n) is 3.99. The minimum absolute atomic E-state index is 0.0504. The highest BCUT2D eigenvalue weighted by atomic mass is 16.5. The van der Waals surface area contributed by atoms with Crippen molar-refractivity contribution >= 4 is 28.9 Å². The number of nitrogens with zero attached hydrogens (tertiary/aromatic N) is 2. The smallest absolute Gasteiger partial charge is 0.253 e. The van der Waals surface area contributed by atoms with E-state index in [9.17, 15) is 9.59 Å². The zero-order valence-electron chi connectivity index (χ0n) is 20.1. The van der Waals surface area contributed by atoms with E-state index in [-0.39, 0.29) is 18.4 Å². The van der Waals surface area contributed by atoms with Crippen molar-refractivity contribution in [3.8, 4) is 5.75 Å². The van der Waals surface area contributed by atoms with E-state index in [0.29, 0.717) is 24.4 Å².